The number of hydrogen-bond donors (Lipinski definition) is 0. The molecule has 23 heavy (non-hydrogen) atoms. The summed E-state index contributed by atoms with van der Waals surface area (Å²) in [6.07, 6.45) is 7.36. The Morgan fingerprint density at radius 1 is 1.00 bits per heavy atom. The van der Waals surface area contributed by atoms with E-state index < -0.39 is 8.56 Å². The molecule has 0 aliphatic carbocycles. The second-order valence-electron chi connectivity index (χ2n) is 6.70. The van der Waals surface area contributed by atoms with E-state index in [0.29, 0.717) is 6.10 Å². The molecule has 0 aromatic heterocycles. The molecule has 1 fully saturated rings. The van der Waals surface area contributed by atoms with Gasteiger partial charge in [0.05, 0.1) is 19.3 Å². The molecule has 1 saturated heterocycles. The first kappa shape index (κ1) is 21.1. The molecule has 0 radical (unpaired) electrons. The molecule has 0 aromatic rings. The van der Waals surface area contributed by atoms with Gasteiger partial charge in [0.25, 0.3) is 0 Å². The Bertz CT molecular complexity index is 274. The normalized spacial score (nSPS) is 19.0. The van der Waals surface area contributed by atoms with Crippen LogP contribution in [0.15, 0.2) is 0 Å². The van der Waals surface area contributed by atoms with E-state index in [-0.39, 0.29) is 6.10 Å². The first-order valence-corrected chi connectivity index (χ1v) is 11.9. The Labute approximate surface area is 144 Å². The summed E-state index contributed by atoms with van der Waals surface area (Å²) in [7, 11) is -2.08. The van der Waals surface area contributed by atoms with Crippen molar-refractivity contribution in [3.63, 3.8) is 0 Å². The summed E-state index contributed by atoms with van der Waals surface area (Å²) in [5, 5.41) is 0. The fourth-order valence-corrected chi connectivity index (χ4v) is 6.14. The van der Waals surface area contributed by atoms with Gasteiger partial charge in [-0.2, -0.15) is 0 Å². The molecule has 0 bridgehead atoms. The van der Waals surface area contributed by atoms with Crippen LogP contribution in [0.5, 0.6) is 0 Å². The molecule has 1 rings (SSSR count). The number of hydrogen-bond acceptors (Lipinski definition) is 4. The molecule has 138 valence electrons. The summed E-state index contributed by atoms with van der Waals surface area (Å²) in [5.74, 6) is 0. The van der Waals surface area contributed by atoms with Crippen molar-refractivity contribution in [3.05, 3.63) is 0 Å². The maximum absolute atomic E-state index is 6.38. The lowest BCUT2D eigenvalue weighted by molar-refractivity contribution is 0.0492. The van der Waals surface area contributed by atoms with Crippen molar-refractivity contribution in [2.24, 2.45) is 0 Å². The van der Waals surface area contributed by atoms with Gasteiger partial charge in [-0.3, -0.25) is 0 Å². The lowest BCUT2D eigenvalue weighted by Gasteiger charge is -2.32. The lowest BCUT2D eigenvalue weighted by Crippen LogP contribution is -2.43. The minimum Gasteiger partial charge on any atom is -0.394 e. The van der Waals surface area contributed by atoms with Crippen molar-refractivity contribution in [2.45, 2.75) is 90.5 Å². The van der Waals surface area contributed by atoms with E-state index in [4.69, 9.17) is 18.3 Å². The SMILES string of the molecule is CCCCO[Si](CCC)(CCC(C)OCC1CO1)OCCCC. The van der Waals surface area contributed by atoms with Gasteiger partial charge in [0, 0.05) is 13.2 Å². The van der Waals surface area contributed by atoms with Crippen LogP contribution in [-0.2, 0) is 18.3 Å². The van der Waals surface area contributed by atoms with Crippen LogP contribution in [0.2, 0.25) is 12.1 Å². The molecule has 2 unspecified atom stereocenters. The molecule has 0 aromatic carbocycles. The Kier molecular flexibility index (Phi) is 11.4. The molecule has 0 amide bonds. The number of epoxide rings is 1. The van der Waals surface area contributed by atoms with Crippen molar-refractivity contribution in [3.8, 4) is 0 Å². The Morgan fingerprint density at radius 2 is 1.61 bits per heavy atom. The number of rotatable bonds is 16. The molecule has 4 nitrogen and oxygen atoms in total. The highest BCUT2D eigenvalue weighted by atomic mass is 28.4. The fraction of sp³-hybridized carbons (Fsp3) is 1.00. The third kappa shape index (κ3) is 9.82. The van der Waals surface area contributed by atoms with Gasteiger partial charge in [0.1, 0.15) is 6.10 Å². The molecule has 0 spiro atoms. The third-order valence-electron chi connectivity index (χ3n) is 4.26. The van der Waals surface area contributed by atoms with Gasteiger partial charge in [-0.1, -0.05) is 40.0 Å². The van der Waals surface area contributed by atoms with Gasteiger partial charge < -0.3 is 18.3 Å². The van der Waals surface area contributed by atoms with Crippen LogP contribution in [0.3, 0.4) is 0 Å². The zero-order valence-electron chi connectivity index (χ0n) is 15.8. The standard InChI is InChI=1S/C18H38O4Si/c1-5-8-11-21-23(13-7-3,22-12-9-6-2)14-10-17(4)19-15-18-16-20-18/h17-18H,5-16H2,1-4H3. The summed E-state index contributed by atoms with van der Waals surface area (Å²) in [6.45, 7) is 12.1. The quantitative estimate of drug-likeness (QED) is 0.231. The maximum atomic E-state index is 6.38. The largest absolute Gasteiger partial charge is 0.394 e. The van der Waals surface area contributed by atoms with E-state index in [9.17, 15) is 0 Å². The lowest BCUT2D eigenvalue weighted by atomic mass is 10.3. The Hall–Kier alpha value is 0.0569. The molecule has 1 aliphatic rings. The molecule has 1 aliphatic heterocycles. The summed E-state index contributed by atoms with van der Waals surface area (Å²) in [4.78, 5) is 0. The molecule has 0 N–H and O–H groups in total. The van der Waals surface area contributed by atoms with E-state index in [1.165, 1.54) is 12.8 Å². The Balaban J connectivity index is 2.45. The average Bonchev–Trinajstić information content (AvgIpc) is 3.36. The monoisotopic (exact) mass is 346 g/mol. The zero-order chi connectivity index (χ0) is 17.0. The van der Waals surface area contributed by atoms with Gasteiger partial charge in [0.15, 0.2) is 0 Å². The van der Waals surface area contributed by atoms with Crippen LogP contribution in [0.25, 0.3) is 0 Å². The first-order valence-electron chi connectivity index (χ1n) is 9.66. The minimum absolute atomic E-state index is 0.257. The summed E-state index contributed by atoms with van der Waals surface area (Å²) in [6, 6.07) is 2.14. The predicted octanol–water partition coefficient (Wildman–Crippen LogP) is 4.67. The molecular weight excluding hydrogens is 308 g/mol. The average molecular weight is 347 g/mol. The molecule has 0 saturated carbocycles. The van der Waals surface area contributed by atoms with Crippen molar-refractivity contribution in [1.82, 2.24) is 0 Å². The van der Waals surface area contributed by atoms with Gasteiger partial charge in [0.2, 0.25) is 0 Å². The highest BCUT2D eigenvalue weighted by Crippen LogP contribution is 2.26. The van der Waals surface area contributed by atoms with Crippen LogP contribution in [0, 0.1) is 0 Å². The molecule has 1 heterocycles. The van der Waals surface area contributed by atoms with E-state index in [1.54, 1.807) is 0 Å². The molecule has 5 heteroatoms. The molecule has 2 atom stereocenters. The van der Waals surface area contributed by atoms with Crippen LogP contribution in [0.1, 0.15) is 66.2 Å². The Morgan fingerprint density at radius 3 is 2.09 bits per heavy atom. The number of ether oxygens (including phenoxy) is 2. The van der Waals surface area contributed by atoms with Gasteiger partial charge >= 0.3 is 8.56 Å². The van der Waals surface area contributed by atoms with E-state index in [0.717, 1.165) is 64.2 Å². The van der Waals surface area contributed by atoms with Crippen LogP contribution < -0.4 is 0 Å². The summed E-state index contributed by atoms with van der Waals surface area (Å²) in [5.41, 5.74) is 0. The maximum Gasteiger partial charge on any atom is 0.338 e. The van der Waals surface area contributed by atoms with Crippen LogP contribution in [-0.4, -0.2) is 47.2 Å². The van der Waals surface area contributed by atoms with Crippen molar-refractivity contribution >= 4 is 8.56 Å². The second-order valence-corrected chi connectivity index (χ2v) is 10.1. The van der Waals surface area contributed by atoms with Crippen molar-refractivity contribution in [2.75, 3.05) is 26.4 Å². The van der Waals surface area contributed by atoms with Gasteiger partial charge in [-0.05, 0) is 38.3 Å². The minimum atomic E-state index is -2.08. The van der Waals surface area contributed by atoms with Crippen molar-refractivity contribution in [1.29, 1.82) is 0 Å². The van der Waals surface area contributed by atoms with E-state index in [1.807, 2.05) is 0 Å². The van der Waals surface area contributed by atoms with Crippen LogP contribution in [0.4, 0.5) is 0 Å². The summed E-state index contributed by atoms with van der Waals surface area (Å²) < 4.78 is 23.8. The predicted molar refractivity (Wildman–Crippen MR) is 97.2 cm³/mol. The topological polar surface area (TPSA) is 40.2 Å². The first-order chi connectivity index (χ1) is 11.2. The third-order valence-corrected chi connectivity index (χ3v) is 8.03. The van der Waals surface area contributed by atoms with E-state index >= 15 is 0 Å². The highest BCUT2D eigenvalue weighted by Gasteiger charge is 2.37. The molecular formula is C18H38O4Si. The highest BCUT2D eigenvalue weighted by molar-refractivity contribution is 6.67. The zero-order valence-corrected chi connectivity index (χ0v) is 16.8. The second kappa shape index (κ2) is 12.4. The fourth-order valence-electron chi connectivity index (χ4n) is 2.58. The van der Waals surface area contributed by atoms with Gasteiger partial charge in [-0.15, -0.1) is 0 Å². The van der Waals surface area contributed by atoms with Gasteiger partial charge in [-0.25, -0.2) is 0 Å². The van der Waals surface area contributed by atoms with Crippen LogP contribution >= 0.6 is 0 Å². The summed E-state index contributed by atoms with van der Waals surface area (Å²) >= 11 is 0. The smallest absolute Gasteiger partial charge is 0.338 e. The number of unbranched alkanes of at least 4 members (excludes halogenated alkanes) is 2. The van der Waals surface area contributed by atoms with Crippen molar-refractivity contribution < 1.29 is 18.3 Å². The van der Waals surface area contributed by atoms with E-state index in [2.05, 4.69) is 27.7 Å².